The minimum absolute atomic E-state index is 0.0225. The van der Waals surface area contributed by atoms with Crippen LogP contribution in [0.4, 0.5) is 0 Å². The Morgan fingerprint density at radius 1 is 1.23 bits per heavy atom. The van der Waals surface area contributed by atoms with E-state index in [1.165, 1.54) is 26.4 Å². The molecule has 0 aliphatic heterocycles. The summed E-state index contributed by atoms with van der Waals surface area (Å²) in [6.07, 6.45) is -1.12. The van der Waals surface area contributed by atoms with E-state index in [2.05, 4.69) is 0 Å². The van der Waals surface area contributed by atoms with E-state index in [1.807, 2.05) is 0 Å². The fourth-order valence-electron chi connectivity index (χ4n) is 1.92. The van der Waals surface area contributed by atoms with Crippen molar-refractivity contribution in [3.05, 3.63) is 34.7 Å². The molecule has 120 valence electrons. The third kappa shape index (κ3) is 3.63. The van der Waals surface area contributed by atoms with Gasteiger partial charge in [-0.05, 0) is 12.1 Å². The molecule has 1 aromatic carbocycles. The highest BCUT2D eigenvalue weighted by Crippen LogP contribution is 2.38. The molecule has 1 rings (SSSR count). The first-order chi connectivity index (χ1) is 10.1. The largest absolute Gasteiger partial charge is 0.496 e. The van der Waals surface area contributed by atoms with E-state index < -0.39 is 23.4 Å². The van der Waals surface area contributed by atoms with Gasteiger partial charge >= 0.3 is 0 Å². The Bertz CT molecular complexity index is 568. The zero-order valence-electron chi connectivity index (χ0n) is 12.1. The highest BCUT2D eigenvalue weighted by molar-refractivity contribution is 6.22. The van der Waals surface area contributed by atoms with Gasteiger partial charge in [0.1, 0.15) is 25.6 Å². The van der Waals surface area contributed by atoms with Crippen molar-refractivity contribution in [3.8, 4) is 11.5 Å². The Hall–Kier alpha value is -1.94. The van der Waals surface area contributed by atoms with E-state index in [4.69, 9.17) is 33.3 Å². The third-order valence-corrected chi connectivity index (χ3v) is 3.02. The molecule has 0 heterocycles. The van der Waals surface area contributed by atoms with Crippen molar-refractivity contribution in [1.29, 1.82) is 0 Å². The van der Waals surface area contributed by atoms with Crippen LogP contribution in [-0.2, 0) is 12.2 Å². The lowest BCUT2D eigenvalue weighted by Crippen LogP contribution is -2.30. The van der Waals surface area contributed by atoms with Gasteiger partial charge in [0, 0.05) is 17.5 Å². The van der Waals surface area contributed by atoms with Crippen LogP contribution in [0.15, 0.2) is 23.6 Å². The molecule has 0 spiro atoms. The SMILES string of the molecule is [B]C(=C(O)O)C(O)(O)c1cc(OC)c(CC(N)O)cc1OC. The van der Waals surface area contributed by atoms with Crippen molar-refractivity contribution in [2.45, 2.75) is 18.4 Å². The van der Waals surface area contributed by atoms with Crippen LogP contribution in [0, 0.1) is 0 Å². The number of ether oxygens (including phenoxy) is 2. The van der Waals surface area contributed by atoms with Gasteiger partial charge < -0.3 is 40.7 Å². The van der Waals surface area contributed by atoms with Crippen molar-refractivity contribution < 1.29 is 35.0 Å². The van der Waals surface area contributed by atoms with E-state index in [1.54, 1.807) is 0 Å². The molecule has 0 amide bonds. The molecule has 22 heavy (non-hydrogen) atoms. The minimum atomic E-state index is -2.91. The van der Waals surface area contributed by atoms with Crippen LogP contribution in [0.25, 0.3) is 0 Å². The minimum Gasteiger partial charge on any atom is -0.496 e. The zero-order valence-corrected chi connectivity index (χ0v) is 12.1. The lowest BCUT2D eigenvalue weighted by atomic mass is 9.83. The van der Waals surface area contributed by atoms with Gasteiger partial charge in [-0.2, -0.15) is 0 Å². The quantitative estimate of drug-likeness (QED) is 0.225. The number of methoxy groups -OCH3 is 2. The highest BCUT2D eigenvalue weighted by Gasteiger charge is 2.35. The van der Waals surface area contributed by atoms with Crippen LogP contribution in [0.5, 0.6) is 11.5 Å². The van der Waals surface area contributed by atoms with Crippen molar-refractivity contribution in [2.24, 2.45) is 5.73 Å². The van der Waals surface area contributed by atoms with Crippen LogP contribution in [0.3, 0.4) is 0 Å². The summed E-state index contributed by atoms with van der Waals surface area (Å²) in [5.41, 5.74) is 4.50. The summed E-state index contributed by atoms with van der Waals surface area (Å²) in [6.45, 7) is 0. The average Bonchev–Trinajstić information content (AvgIpc) is 2.44. The average molecular weight is 311 g/mol. The van der Waals surface area contributed by atoms with Crippen molar-refractivity contribution >= 4 is 7.85 Å². The maximum Gasteiger partial charge on any atom is 0.268 e. The van der Waals surface area contributed by atoms with Gasteiger partial charge in [0.25, 0.3) is 5.95 Å². The first-order valence-electron chi connectivity index (χ1n) is 6.17. The van der Waals surface area contributed by atoms with Crippen LogP contribution in [0.2, 0.25) is 0 Å². The van der Waals surface area contributed by atoms with Crippen LogP contribution < -0.4 is 15.2 Å². The molecule has 1 aromatic rings. The van der Waals surface area contributed by atoms with E-state index in [-0.39, 0.29) is 23.5 Å². The molecular formula is C13H18BNO7. The van der Waals surface area contributed by atoms with Gasteiger partial charge in [-0.1, -0.05) is 0 Å². The summed E-state index contributed by atoms with van der Waals surface area (Å²) in [5, 5.41) is 47.3. The fourth-order valence-corrected chi connectivity index (χ4v) is 1.92. The number of rotatable bonds is 6. The summed E-state index contributed by atoms with van der Waals surface area (Å²) in [6, 6.07) is 2.56. The first-order valence-corrected chi connectivity index (χ1v) is 6.17. The van der Waals surface area contributed by atoms with Crippen LogP contribution in [-0.4, -0.2) is 53.8 Å². The molecule has 0 aliphatic rings. The Morgan fingerprint density at radius 2 is 1.77 bits per heavy atom. The molecule has 0 bridgehead atoms. The van der Waals surface area contributed by atoms with E-state index in [0.717, 1.165) is 0 Å². The Morgan fingerprint density at radius 3 is 2.18 bits per heavy atom. The molecular weight excluding hydrogens is 293 g/mol. The van der Waals surface area contributed by atoms with Gasteiger partial charge in [0.15, 0.2) is 0 Å². The number of hydrogen-bond acceptors (Lipinski definition) is 8. The first kappa shape index (κ1) is 18.1. The molecule has 0 saturated carbocycles. The zero-order chi connectivity index (χ0) is 17.1. The standard InChI is InChI=1S/C13H18BNO7/c1-21-8-5-7(13(19,20)11(14)12(17)18)9(22-2)3-6(8)4-10(15)16/h3,5,10,16-20H,4,15H2,1-2H3. The van der Waals surface area contributed by atoms with Crippen LogP contribution in [0.1, 0.15) is 11.1 Å². The molecule has 0 aromatic heterocycles. The molecule has 0 saturated heterocycles. The summed E-state index contributed by atoms with van der Waals surface area (Å²) < 4.78 is 10.1. The second kappa shape index (κ2) is 6.88. The maximum atomic E-state index is 10.1. The predicted octanol–water partition coefficient (Wildman–Crippen LogP) is -0.886. The topological polar surface area (TPSA) is 146 Å². The summed E-state index contributed by atoms with van der Waals surface area (Å²) in [4.78, 5) is 0. The number of aliphatic hydroxyl groups is 5. The van der Waals surface area contributed by atoms with Gasteiger partial charge in [-0.3, -0.25) is 0 Å². The maximum absolute atomic E-state index is 10.1. The normalized spacial score (nSPS) is 12.6. The highest BCUT2D eigenvalue weighted by atomic mass is 16.5. The third-order valence-electron chi connectivity index (χ3n) is 3.02. The fraction of sp³-hybridized carbons (Fsp3) is 0.385. The van der Waals surface area contributed by atoms with Crippen molar-refractivity contribution in [3.63, 3.8) is 0 Å². The monoisotopic (exact) mass is 311 g/mol. The molecule has 2 radical (unpaired) electrons. The number of aliphatic hydroxyl groups excluding tert-OH is 2. The number of nitrogens with two attached hydrogens (primary N) is 1. The smallest absolute Gasteiger partial charge is 0.268 e. The molecule has 9 heteroatoms. The Balaban J connectivity index is 3.52. The second-order valence-corrected chi connectivity index (χ2v) is 4.55. The van der Waals surface area contributed by atoms with Crippen molar-refractivity contribution in [1.82, 2.24) is 0 Å². The van der Waals surface area contributed by atoms with Crippen LogP contribution >= 0.6 is 0 Å². The molecule has 1 atom stereocenters. The van der Waals surface area contributed by atoms with Gasteiger partial charge in [0.05, 0.1) is 19.8 Å². The van der Waals surface area contributed by atoms with E-state index >= 15 is 0 Å². The molecule has 8 nitrogen and oxygen atoms in total. The Kier molecular flexibility index (Phi) is 5.67. The van der Waals surface area contributed by atoms with Gasteiger partial charge in [-0.25, -0.2) is 0 Å². The summed E-state index contributed by atoms with van der Waals surface area (Å²) >= 11 is 0. The molecule has 0 fully saturated rings. The van der Waals surface area contributed by atoms with E-state index in [0.29, 0.717) is 5.56 Å². The molecule has 1 unspecified atom stereocenters. The summed E-state index contributed by atoms with van der Waals surface area (Å²) in [5.74, 6) is -4.19. The van der Waals surface area contributed by atoms with Crippen molar-refractivity contribution in [2.75, 3.05) is 14.2 Å². The Labute approximate surface area is 128 Å². The van der Waals surface area contributed by atoms with Gasteiger partial charge in [-0.15, -0.1) is 0 Å². The number of hydrogen-bond donors (Lipinski definition) is 6. The predicted molar refractivity (Wildman–Crippen MR) is 77.6 cm³/mol. The second-order valence-electron chi connectivity index (χ2n) is 4.55. The summed E-state index contributed by atoms with van der Waals surface area (Å²) in [7, 11) is 7.88. The molecule has 0 aliphatic carbocycles. The number of benzene rings is 1. The molecule has 7 N–H and O–H groups in total. The van der Waals surface area contributed by atoms with Gasteiger partial charge in [0.2, 0.25) is 5.79 Å². The lowest BCUT2D eigenvalue weighted by Gasteiger charge is -2.26. The lowest BCUT2D eigenvalue weighted by molar-refractivity contribution is -0.135. The van der Waals surface area contributed by atoms with E-state index in [9.17, 15) is 15.3 Å².